The summed E-state index contributed by atoms with van der Waals surface area (Å²) in [5.41, 5.74) is 0. The molecule has 0 saturated heterocycles. The van der Waals surface area contributed by atoms with Crippen molar-refractivity contribution in [2.75, 3.05) is 39.6 Å². The molecule has 89 heavy (non-hydrogen) atoms. The minimum Gasteiger partial charge on any atom is -0.462 e. The Morgan fingerprint density at radius 1 is 0.315 bits per heavy atom. The molecule has 19 heteroatoms. The van der Waals surface area contributed by atoms with Crippen LogP contribution in [-0.2, 0) is 65.4 Å². The van der Waals surface area contributed by atoms with Crippen LogP contribution >= 0.6 is 15.6 Å². The Kier molecular flexibility index (Phi) is 60.8. The quantitative estimate of drug-likeness (QED) is 0.0222. The molecule has 0 bridgehead atoms. The highest BCUT2D eigenvalue weighted by molar-refractivity contribution is 7.47. The van der Waals surface area contributed by atoms with Gasteiger partial charge in [-0.3, -0.25) is 37.3 Å². The molecule has 4 unspecified atom stereocenters. The van der Waals surface area contributed by atoms with Gasteiger partial charge in [0.1, 0.15) is 19.3 Å². The number of carbonyl (C=O) groups is 4. The van der Waals surface area contributed by atoms with Gasteiger partial charge in [-0.1, -0.05) is 305 Å². The molecule has 0 amide bonds. The van der Waals surface area contributed by atoms with Crippen LogP contribution in [0.1, 0.15) is 356 Å². The lowest BCUT2D eigenvalue weighted by molar-refractivity contribution is -0.161. The lowest BCUT2D eigenvalue weighted by Crippen LogP contribution is -2.30. The Balaban J connectivity index is 5.23. The van der Waals surface area contributed by atoms with Crippen LogP contribution in [0.15, 0.2) is 0 Å². The standard InChI is InChI=1S/C70H136O17P2/c1-7-11-13-15-17-19-20-21-22-23-24-25-26-27-36-42-48-54-69(74)86-66(59-81-68(73)53-47-41-35-30-28-32-38-44-50-62(5)9-3)61-85-89(78,79)83-57-64(71)56-82-88(76,77)84-60-65(58-80-67(72)52-46-40-34-18-16-14-12-8-2)87-70(75)55-49-43-37-31-29-33-39-45-51-63(6)10-4/h62-66,71H,7-61H2,1-6H3,(H,76,77)(H,78,79)/t62?,63?,64-,65+,66+/m0/s1. The van der Waals surface area contributed by atoms with Gasteiger partial charge in [0.05, 0.1) is 26.4 Å². The van der Waals surface area contributed by atoms with Crippen molar-refractivity contribution in [1.29, 1.82) is 0 Å². The average Bonchev–Trinajstić information content (AvgIpc) is 3.55. The molecule has 7 atom stereocenters. The molecule has 0 aliphatic carbocycles. The van der Waals surface area contributed by atoms with E-state index in [0.717, 1.165) is 108 Å². The fourth-order valence-corrected chi connectivity index (χ4v) is 12.1. The lowest BCUT2D eigenvalue weighted by atomic mass is 9.99. The van der Waals surface area contributed by atoms with E-state index in [1.807, 2.05) is 0 Å². The maximum atomic E-state index is 13.0. The minimum absolute atomic E-state index is 0.105. The predicted molar refractivity (Wildman–Crippen MR) is 358 cm³/mol. The molecule has 0 fully saturated rings. The van der Waals surface area contributed by atoms with Crippen molar-refractivity contribution in [3.8, 4) is 0 Å². The van der Waals surface area contributed by atoms with Crippen molar-refractivity contribution in [2.24, 2.45) is 11.8 Å². The molecular formula is C70H136O17P2. The first kappa shape index (κ1) is 87.1. The van der Waals surface area contributed by atoms with Gasteiger partial charge in [-0.15, -0.1) is 0 Å². The van der Waals surface area contributed by atoms with E-state index in [9.17, 15) is 43.2 Å². The molecule has 17 nitrogen and oxygen atoms in total. The maximum Gasteiger partial charge on any atom is 0.472 e. The number of ether oxygens (including phenoxy) is 4. The van der Waals surface area contributed by atoms with Crippen LogP contribution in [0.25, 0.3) is 0 Å². The van der Waals surface area contributed by atoms with E-state index in [0.29, 0.717) is 25.7 Å². The molecule has 0 aliphatic heterocycles. The fraction of sp³-hybridized carbons (Fsp3) is 0.943. The molecule has 0 aromatic rings. The number of rotatable bonds is 69. The predicted octanol–water partition coefficient (Wildman–Crippen LogP) is 20.0. The molecule has 3 N–H and O–H groups in total. The van der Waals surface area contributed by atoms with Gasteiger partial charge >= 0.3 is 39.5 Å². The summed E-state index contributed by atoms with van der Waals surface area (Å²) in [6.07, 6.45) is 47.1. The van der Waals surface area contributed by atoms with Crippen LogP contribution in [0, 0.1) is 11.8 Å². The van der Waals surface area contributed by atoms with E-state index in [1.165, 1.54) is 167 Å². The highest BCUT2D eigenvalue weighted by Crippen LogP contribution is 2.45. The molecule has 0 spiro atoms. The molecule has 0 radical (unpaired) electrons. The second kappa shape index (κ2) is 62.2. The molecule has 0 aromatic heterocycles. The van der Waals surface area contributed by atoms with Crippen molar-refractivity contribution < 1.29 is 80.2 Å². The Hall–Kier alpha value is -1.94. The van der Waals surface area contributed by atoms with Gasteiger partial charge in [-0.2, -0.15) is 0 Å². The van der Waals surface area contributed by atoms with Crippen LogP contribution in [0.4, 0.5) is 0 Å². The van der Waals surface area contributed by atoms with Gasteiger partial charge in [0.25, 0.3) is 0 Å². The van der Waals surface area contributed by atoms with E-state index in [2.05, 4.69) is 41.5 Å². The molecule has 0 heterocycles. The van der Waals surface area contributed by atoms with Gasteiger partial charge in [-0.05, 0) is 37.5 Å². The third kappa shape index (κ3) is 62.0. The highest BCUT2D eigenvalue weighted by atomic mass is 31.2. The summed E-state index contributed by atoms with van der Waals surface area (Å²) in [5.74, 6) is -0.580. The number of aliphatic hydroxyl groups excluding tert-OH is 1. The monoisotopic (exact) mass is 1310 g/mol. The number of phosphoric ester groups is 2. The van der Waals surface area contributed by atoms with E-state index in [-0.39, 0.29) is 25.7 Å². The van der Waals surface area contributed by atoms with E-state index < -0.39 is 97.5 Å². The largest absolute Gasteiger partial charge is 0.472 e. The molecule has 0 rings (SSSR count). The van der Waals surface area contributed by atoms with Gasteiger partial charge < -0.3 is 33.8 Å². The van der Waals surface area contributed by atoms with Crippen LogP contribution in [-0.4, -0.2) is 96.7 Å². The van der Waals surface area contributed by atoms with Crippen molar-refractivity contribution >= 4 is 39.5 Å². The van der Waals surface area contributed by atoms with Gasteiger partial charge in [-0.25, -0.2) is 9.13 Å². The zero-order valence-electron chi connectivity index (χ0n) is 57.7. The first-order valence-corrected chi connectivity index (χ1v) is 39.6. The van der Waals surface area contributed by atoms with E-state index >= 15 is 0 Å². The summed E-state index contributed by atoms with van der Waals surface area (Å²) in [4.78, 5) is 72.5. The third-order valence-corrected chi connectivity index (χ3v) is 18.8. The van der Waals surface area contributed by atoms with Crippen LogP contribution in [0.3, 0.4) is 0 Å². The average molecular weight is 1310 g/mol. The SMILES string of the molecule is CCCCCCCCCCCCCCCCCCCC(=O)O[C@H](COC(=O)CCCCCCCCCCC(C)CC)COP(=O)(O)OC[C@@H](O)COP(=O)(O)OC[C@@H](COC(=O)CCCCCCCCCC)OC(=O)CCCCCCCCCCC(C)CC. The first-order chi connectivity index (χ1) is 42.9. The number of hydrogen-bond acceptors (Lipinski definition) is 15. The first-order valence-electron chi connectivity index (χ1n) is 36.6. The summed E-state index contributed by atoms with van der Waals surface area (Å²) < 4.78 is 68.2. The molecule has 0 aliphatic rings. The van der Waals surface area contributed by atoms with Crippen molar-refractivity contribution in [3.05, 3.63) is 0 Å². The molecule has 0 aromatic carbocycles. The number of esters is 4. The van der Waals surface area contributed by atoms with Crippen LogP contribution in [0.2, 0.25) is 0 Å². The molecule has 0 saturated carbocycles. The van der Waals surface area contributed by atoms with E-state index in [1.54, 1.807) is 0 Å². The van der Waals surface area contributed by atoms with Crippen molar-refractivity contribution in [3.63, 3.8) is 0 Å². The van der Waals surface area contributed by atoms with Crippen molar-refractivity contribution in [2.45, 2.75) is 374 Å². The van der Waals surface area contributed by atoms with Gasteiger partial charge in [0, 0.05) is 25.7 Å². The van der Waals surface area contributed by atoms with E-state index in [4.69, 9.17) is 37.0 Å². The maximum absolute atomic E-state index is 13.0. The number of hydrogen-bond donors (Lipinski definition) is 3. The zero-order valence-corrected chi connectivity index (χ0v) is 59.5. The topological polar surface area (TPSA) is 237 Å². The fourth-order valence-electron chi connectivity index (χ4n) is 10.5. The second-order valence-electron chi connectivity index (χ2n) is 25.8. The van der Waals surface area contributed by atoms with Crippen molar-refractivity contribution in [1.82, 2.24) is 0 Å². The normalized spacial score (nSPS) is 14.8. The number of phosphoric acid groups is 2. The lowest BCUT2D eigenvalue weighted by Gasteiger charge is -2.21. The third-order valence-electron chi connectivity index (χ3n) is 16.9. The summed E-state index contributed by atoms with van der Waals surface area (Å²) in [6.45, 7) is 9.52. The number of unbranched alkanes of at least 4 members (excludes halogenated alkanes) is 37. The summed E-state index contributed by atoms with van der Waals surface area (Å²) in [6, 6.07) is 0. The smallest absolute Gasteiger partial charge is 0.462 e. The Bertz CT molecular complexity index is 1740. The summed E-state index contributed by atoms with van der Waals surface area (Å²) in [7, 11) is -9.90. The second-order valence-corrected chi connectivity index (χ2v) is 28.7. The molecular weight excluding hydrogens is 1170 g/mol. The summed E-state index contributed by atoms with van der Waals surface area (Å²) in [5, 5.41) is 10.6. The minimum atomic E-state index is -4.95. The number of aliphatic hydroxyl groups is 1. The van der Waals surface area contributed by atoms with Gasteiger partial charge in [0.2, 0.25) is 0 Å². The molecule has 528 valence electrons. The van der Waals surface area contributed by atoms with Gasteiger partial charge in [0.15, 0.2) is 12.2 Å². The highest BCUT2D eigenvalue weighted by Gasteiger charge is 2.30. The zero-order chi connectivity index (χ0) is 65.7. The van der Waals surface area contributed by atoms with Crippen LogP contribution < -0.4 is 0 Å². The number of carbonyl (C=O) groups excluding carboxylic acids is 4. The Labute approximate surface area is 543 Å². The Morgan fingerprint density at radius 2 is 0.539 bits per heavy atom. The summed E-state index contributed by atoms with van der Waals surface area (Å²) >= 11 is 0. The Morgan fingerprint density at radius 3 is 0.798 bits per heavy atom. The van der Waals surface area contributed by atoms with Crippen LogP contribution in [0.5, 0.6) is 0 Å².